The van der Waals surface area contributed by atoms with Gasteiger partial charge in [0.05, 0.1) is 0 Å². The summed E-state index contributed by atoms with van der Waals surface area (Å²) >= 11 is 0. The number of rotatable bonds is 8. The molecule has 0 aliphatic carbocycles. The van der Waals surface area contributed by atoms with E-state index in [1.807, 2.05) is 0 Å². The number of likely N-dealkylation sites (tertiary alicyclic amines) is 1. The molecule has 1 unspecified atom stereocenters. The second-order valence-electron chi connectivity index (χ2n) is 5.41. The Labute approximate surface area is 147 Å². The van der Waals surface area contributed by atoms with E-state index in [2.05, 4.69) is 34.4 Å². The Morgan fingerprint density at radius 1 is 1.33 bits per heavy atom. The lowest BCUT2D eigenvalue weighted by atomic mass is 10.0. The van der Waals surface area contributed by atoms with Crippen molar-refractivity contribution in [3.63, 3.8) is 0 Å². The van der Waals surface area contributed by atoms with Crippen molar-refractivity contribution in [2.24, 2.45) is 4.99 Å². The number of hydrogen-bond donors (Lipinski definition) is 2. The number of guanidine groups is 1. The lowest BCUT2D eigenvalue weighted by Gasteiger charge is -2.33. The molecule has 0 aromatic carbocycles. The predicted molar refractivity (Wildman–Crippen MR) is 101 cm³/mol. The highest BCUT2D eigenvalue weighted by Gasteiger charge is 2.17. The van der Waals surface area contributed by atoms with Crippen molar-refractivity contribution in [2.75, 3.05) is 46.4 Å². The Morgan fingerprint density at radius 2 is 2.14 bits per heavy atom. The Morgan fingerprint density at radius 3 is 2.81 bits per heavy atom. The Bertz CT molecular complexity index is 276. The van der Waals surface area contributed by atoms with Gasteiger partial charge >= 0.3 is 0 Å². The van der Waals surface area contributed by atoms with Crippen LogP contribution in [0.3, 0.4) is 0 Å². The maximum Gasteiger partial charge on any atom is 0.191 e. The first-order valence-electron chi connectivity index (χ1n) is 8.03. The first-order chi connectivity index (χ1) is 9.77. The summed E-state index contributed by atoms with van der Waals surface area (Å²) in [5.74, 6) is 0.924. The van der Waals surface area contributed by atoms with Crippen molar-refractivity contribution < 1.29 is 4.74 Å². The van der Waals surface area contributed by atoms with E-state index in [-0.39, 0.29) is 24.0 Å². The smallest absolute Gasteiger partial charge is 0.191 e. The minimum absolute atomic E-state index is 0. The van der Waals surface area contributed by atoms with Crippen LogP contribution in [0.1, 0.15) is 39.5 Å². The molecule has 1 aliphatic heterocycles. The molecule has 0 aromatic heterocycles. The molecule has 0 saturated carbocycles. The van der Waals surface area contributed by atoms with Gasteiger partial charge in [0.1, 0.15) is 0 Å². The van der Waals surface area contributed by atoms with Crippen LogP contribution in [0.5, 0.6) is 0 Å². The van der Waals surface area contributed by atoms with Crippen LogP contribution in [0.4, 0.5) is 0 Å². The Balaban J connectivity index is 0.00000400. The summed E-state index contributed by atoms with van der Waals surface area (Å²) in [6.45, 7) is 10.2. The van der Waals surface area contributed by atoms with Gasteiger partial charge in [0.25, 0.3) is 0 Å². The monoisotopic (exact) mass is 412 g/mol. The molecule has 2 N–H and O–H groups in total. The molecule has 0 radical (unpaired) electrons. The average molecular weight is 412 g/mol. The molecule has 0 amide bonds. The Hall–Kier alpha value is -0.0800. The average Bonchev–Trinajstić information content (AvgIpc) is 2.45. The van der Waals surface area contributed by atoms with Crippen LogP contribution in [-0.2, 0) is 4.74 Å². The molecule has 1 saturated heterocycles. The van der Waals surface area contributed by atoms with Crippen molar-refractivity contribution in [3.8, 4) is 0 Å². The molecule has 1 rings (SSSR count). The van der Waals surface area contributed by atoms with Crippen molar-refractivity contribution in [1.29, 1.82) is 0 Å². The number of methoxy groups -OCH3 is 1. The fourth-order valence-electron chi connectivity index (χ4n) is 2.55. The number of nitrogens with zero attached hydrogens (tertiary/aromatic N) is 2. The maximum absolute atomic E-state index is 5.04. The van der Waals surface area contributed by atoms with Gasteiger partial charge in [-0.2, -0.15) is 0 Å². The van der Waals surface area contributed by atoms with Gasteiger partial charge in [-0.15, -0.1) is 24.0 Å². The number of piperidine rings is 1. The van der Waals surface area contributed by atoms with Crippen LogP contribution >= 0.6 is 24.0 Å². The number of aliphatic imine (C=N–C) groups is 1. The second kappa shape index (κ2) is 13.6. The summed E-state index contributed by atoms with van der Waals surface area (Å²) in [5.41, 5.74) is 0. The van der Waals surface area contributed by atoms with Crippen molar-refractivity contribution in [2.45, 2.75) is 45.6 Å². The number of nitrogens with one attached hydrogen (secondary N) is 2. The van der Waals surface area contributed by atoms with Crippen molar-refractivity contribution in [3.05, 3.63) is 0 Å². The van der Waals surface area contributed by atoms with Gasteiger partial charge in [-0.25, -0.2) is 0 Å². The molecule has 126 valence electrons. The molecular formula is C15H33IN4O. The highest BCUT2D eigenvalue weighted by atomic mass is 127. The highest BCUT2D eigenvalue weighted by molar-refractivity contribution is 14.0. The maximum atomic E-state index is 5.04. The van der Waals surface area contributed by atoms with E-state index in [0.717, 1.165) is 51.2 Å². The molecule has 5 nitrogen and oxygen atoms in total. The van der Waals surface area contributed by atoms with Crippen LogP contribution in [-0.4, -0.2) is 63.3 Å². The molecule has 0 spiro atoms. The van der Waals surface area contributed by atoms with Gasteiger partial charge in [0.2, 0.25) is 0 Å². The van der Waals surface area contributed by atoms with E-state index >= 15 is 0 Å². The first-order valence-corrected chi connectivity index (χ1v) is 8.03. The van der Waals surface area contributed by atoms with Gasteiger partial charge < -0.3 is 15.4 Å². The molecular weight excluding hydrogens is 379 g/mol. The SMILES string of the molecule is CCNC(=NCCCOC)NCCN1CCCCC1C.I. The van der Waals surface area contributed by atoms with E-state index in [9.17, 15) is 0 Å². The lowest BCUT2D eigenvalue weighted by Crippen LogP contribution is -2.45. The van der Waals surface area contributed by atoms with Crippen LogP contribution in [0.2, 0.25) is 0 Å². The summed E-state index contributed by atoms with van der Waals surface area (Å²) in [6, 6.07) is 0.728. The molecule has 0 bridgehead atoms. The molecule has 6 heteroatoms. The van der Waals surface area contributed by atoms with Crippen LogP contribution in [0, 0.1) is 0 Å². The zero-order valence-corrected chi connectivity index (χ0v) is 16.2. The fraction of sp³-hybridized carbons (Fsp3) is 0.933. The first kappa shape index (κ1) is 20.9. The largest absolute Gasteiger partial charge is 0.385 e. The number of hydrogen-bond acceptors (Lipinski definition) is 3. The summed E-state index contributed by atoms with van der Waals surface area (Å²) in [4.78, 5) is 7.12. The number of halogens is 1. The minimum Gasteiger partial charge on any atom is -0.385 e. The van der Waals surface area contributed by atoms with E-state index in [1.165, 1.54) is 25.8 Å². The zero-order chi connectivity index (χ0) is 14.6. The molecule has 21 heavy (non-hydrogen) atoms. The number of ether oxygens (including phenoxy) is 1. The van der Waals surface area contributed by atoms with E-state index in [1.54, 1.807) is 7.11 Å². The summed E-state index contributed by atoms with van der Waals surface area (Å²) in [7, 11) is 1.73. The topological polar surface area (TPSA) is 48.9 Å². The van der Waals surface area contributed by atoms with Gasteiger partial charge in [-0.3, -0.25) is 9.89 Å². The van der Waals surface area contributed by atoms with Gasteiger partial charge in [0, 0.05) is 45.9 Å². The third kappa shape index (κ3) is 9.52. The molecule has 1 fully saturated rings. The Kier molecular flexibility index (Phi) is 13.5. The summed E-state index contributed by atoms with van der Waals surface area (Å²) in [5, 5.41) is 6.71. The van der Waals surface area contributed by atoms with E-state index in [4.69, 9.17) is 4.74 Å². The van der Waals surface area contributed by atoms with Crippen LogP contribution in [0.25, 0.3) is 0 Å². The second-order valence-corrected chi connectivity index (χ2v) is 5.41. The van der Waals surface area contributed by atoms with Crippen LogP contribution < -0.4 is 10.6 Å². The molecule has 0 aromatic rings. The summed E-state index contributed by atoms with van der Waals surface area (Å²) in [6.07, 6.45) is 5.03. The lowest BCUT2D eigenvalue weighted by molar-refractivity contribution is 0.163. The predicted octanol–water partition coefficient (Wildman–Crippen LogP) is 2.07. The molecule has 1 atom stereocenters. The van der Waals surface area contributed by atoms with Gasteiger partial charge in [-0.05, 0) is 39.7 Å². The fourth-order valence-corrected chi connectivity index (χ4v) is 2.55. The third-order valence-corrected chi connectivity index (χ3v) is 3.75. The van der Waals surface area contributed by atoms with Gasteiger partial charge in [0.15, 0.2) is 5.96 Å². The minimum atomic E-state index is 0. The standard InChI is InChI=1S/C15H32N4O.HI/c1-4-16-15(17-9-7-13-20-3)18-10-12-19-11-6-5-8-14(19)2;/h14H,4-13H2,1-3H3,(H2,16,17,18);1H. The quantitative estimate of drug-likeness (QED) is 0.277. The zero-order valence-electron chi connectivity index (χ0n) is 13.9. The van der Waals surface area contributed by atoms with Crippen molar-refractivity contribution >= 4 is 29.9 Å². The van der Waals surface area contributed by atoms with E-state index < -0.39 is 0 Å². The highest BCUT2D eigenvalue weighted by Crippen LogP contribution is 2.15. The van der Waals surface area contributed by atoms with Crippen molar-refractivity contribution in [1.82, 2.24) is 15.5 Å². The van der Waals surface area contributed by atoms with Crippen LogP contribution in [0.15, 0.2) is 4.99 Å². The normalized spacial score (nSPS) is 20.0. The van der Waals surface area contributed by atoms with E-state index in [0.29, 0.717) is 0 Å². The third-order valence-electron chi connectivity index (χ3n) is 3.75. The van der Waals surface area contributed by atoms with Gasteiger partial charge in [-0.1, -0.05) is 6.42 Å². The summed E-state index contributed by atoms with van der Waals surface area (Å²) < 4.78 is 5.04. The molecule has 1 aliphatic rings. The molecule has 1 heterocycles.